The summed E-state index contributed by atoms with van der Waals surface area (Å²) in [6.45, 7) is 2.42. The summed E-state index contributed by atoms with van der Waals surface area (Å²) in [5, 5.41) is 0. The quantitative estimate of drug-likeness (QED) is 0.644. The van der Waals surface area contributed by atoms with E-state index in [0.717, 1.165) is 0 Å². The smallest absolute Gasteiger partial charge is 0.179 e. The van der Waals surface area contributed by atoms with Gasteiger partial charge in [0.25, 0.3) is 0 Å². The summed E-state index contributed by atoms with van der Waals surface area (Å²) in [4.78, 5) is 14.3. The molecule has 17 heavy (non-hydrogen) atoms. The van der Waals surface area contributed by atoms with Gasteiger partial charge >= 0.3 is 0 Å². The van der Waals surface area contributed by atoms with Crippen LogP contribution in [0.2, 0.25) is 0 Å². The standard InChI is InChI=1S/C13H19NO2S/c1-13(17,9-14(2)3)12(15)10-6-5-7-11(8-10)16-4/h5-8,17H,9H2,1-4H3. The Kier molecular flexibility index (Phi) is 4.60. The van der Waals surface area contributed by atoms with E-state index in [0.29, 0.717) is 17.9 Å². The zero-order chi connectivity index (χ0) is 13.1. The van der Waals surface area contributed by atoms with Crippen molar-refractivity contribution >= 4 is 18.4 Å². The molecule has 94 valence electrons. The minimum absolute atomic E-state index is 0.00781. The van der Waals surface area contributed by atoms with Gasteiger partial charge in [-0.1, -0.05) is 12.1 Å². The van der Waals surface area contributed by atoms with E-state index in [1.807, 2.05) is 38.1 Å². The number of carbonyl (C=O) groups excluding carboxylic acids is 1. The Morgan fingerprint density at radius 1 is 1.47 bits per heavy atom. The van der Waals surface area contributed by atoms with E-state index in [9.17, 15) is 4.79 Å². The van der Waals surface area contributed by atoms with E-state index in [1.54, 1.807) is 19.2 Å². The molecule has 0 radical (unpaired) electrons. The maximum atomic E-state index is 12.3. The van der Waals surface area contributed by atoms with E-state index in [-0.39, 0.29) is 5.78 Å². The number of hydrogen-bond acceptors (Lipinski definition) is 4. The Hall–Kier alpha value is -1.00. The normalized spacial score (nSPS) is 14.5. The van der Waals surface area contributed by atoms with E-state index in [4.69, 9.17) is 4.74 Å². The topological polar surface area (TPSA) is 29.5 Å². The SMILES string of the molecule is COc1cccc(C(=O)C(C)(S)CN(C)C)c1. The van der Waals surface area contributed by atoms with Crippen LogP contribution in [0.1, 0.15) is 17.3 Å². The predicted molar refractivity (Wildman–Crippen MR) is 73.3 cm³/mol. The fraction of sp³-hybridized carbons (Fsp3) is 0.462. The molecule has 0 aliphatic carbocycles. The molecule has 0 amide bonds. The first-order valence-electron chi connectivity index (χ1n) is 5.43. The van der Waals surface area contributed by atoms with Crippen LogP contribution in [0.4, 0.5) is 0 Å². The summed E-state index contributed by atoms with van der Waals surface area (Å²) in [5.41, 5.74) is 0.628. The number of methoxy groups -OCH3 is 1. The number of rotatable bonds is 5. The molecule has 4 heteroatoms. The number of Topliss-reactive ketones (excluding diaryl/α,β-unsaturated/α-hetero) is 1. The van der Waals surface area contributed by atoms with Crippen LogP contribution in [0.5, 0.6) is 5.75 Å². The molecule has 1 aromatic carbocycles. The van der Waals surface area contributed by atoms with Crippen molar-refractivity contribution in [3.63, 3.8) is 0 Å². The zero-order valence-corrected chi connectivity index (χ0v) is 11.6. The fourth-order valence-corrected chi connectivity index (χ4v) is 2.17. The second-order valence-electron chi connectivity index (χ2n) is 4.57. The van der Waals surface area contributed by atoms with Crippen LogP contribution in [0.15, 0.2) is 24.3 Å². The first-order valence-corrected chi connectivity index (χ1v) is 5.87. The van der Waals surface area contributed by atoms with E-state index >= 15 is 0 Å². The lowest BCUT2D eigenvalue weighted by Crippen LogP contribution is -2.39. The Morgan fingerprint density at radius 3 is 2.65 bits per heavy atom. The highest BCUT2D eigenvalue weighted by Gasteiger charge is 2.30. The molecular formula is C13H19NO2S. The molecule has 0 fully saturated rings. The van der Waals surface area contributed by atoms with Crippen molar-refractivity contribution in [2.45, 2.75) is 11.7 Å². The minimum atomic E-state index is -0.699. The van der Waals surface area contributed by atoms with Gasteiger partial charge in [-0.15, -0.1) is 0 Å². The van der Waals surface area contributed by atoms with E-state index < -0.39 is 4.75 Å². The molecule has 0 aliphatic rings. The van der Waals surface area contributed by atoms with Gasteiger partial charge in [0, 0.05) is 12.1 Å². The Bertz CT molecular complexity index is 402. The van der Waals surface area contributed by atoms with Crippen molar-refractivity contribution in [2.24, 2.45) is 0 Å². The molecule has 1 rings (SSSR count). The zero-order valence-electron chi connectivity index (χ0n) is 10.7. The van der Waals surface area contributed by atoms with Crippen LogP contribution in [0.3, 0.4) is 0 Å². The van der Waals surface area contributed by atoms with Gasteiger partial charge in [0.2, 0.25) is 0 Å². The molecular weight excluding hydrogens is 234 g/mol. The number of hydrogen-bond donors (Lipinski definition) is 1. The van der Waals surface area contributed by atoms with Gasteiger partial charge in [-0.2, -0.15) is 12.6 Å². The van der Waals surface area contributed by atoms with Crippen LogP contribution >= 0.6 is 12.6 Å². The highest BCUT2D eigenvalue weighted by molar-refractivity contribution is 7.82. The number of thiol groups is 1. The van der Waals surface area contributed by atoms with Crippen LogP contribution in [0.25, 0.3) is 0 Å². The van der Waals surface area contributed by atoms with Crippen molar-refractivity contribution in [1.29, 1.82) is 0 Å². The largest absolute Gasteiger partial charge is 0.497 e. The lowest BCUT2D eigenvalue weighted by molar-refractivity contribution is 0.0935. The van der Waals surface area contributed by atoms with Gasteiger partial charge in [0.15, 0.2) is 5.78 Å². The average Bonchev–Trinajstić information content (AvgIpc) is 2.26. The molecule has 1 atom stereocenters. The molecule has 0 saturated heterocycles. The number of carbonyl (C=O) groups is 1. The lowest BCUT2D eigenvalue weighted by atomic mass is 9.98. The molecule has 0 N–H and O–H groups in total. The minimum Gasteiger partial charge on any atom is -0.497 e. The van der Waals surface area contributed by atoms with E-state index in [1.165, 1.54) is 0 Å². The molecule has 0 heterocycles. The number of ketones is 1. The van der Waals surface area contributed by atoms with Crippen molar-refractivity contribution in [3.8, 4) is 5.75 Å². The first kappa shape index (κ1) is 14.1. The van der Waals surface area contributed by atoms with Gasteiger partial charge < -0.3 is 9.64 Å². The third-order valence-corrected chi connectivity index (χ3v) is 2.79. The third kappa shape index (κ3) is 3.75. The summed E-state index contributed by atoms with van der Waals surface area (Å²) in [6, 6.07) is 7.16. The van der Waals surface area contributed by atoms with Crippen LogP contribution in [-0.4, -0.2) is 43.2 Å². The fourth-order valence-electron chi connectivity index (χ4n) is 1.76. The molecule has 1 unspecified atom stereocenters. The Balaban J connectivity index is 2.95. The summed E-state index contributed by atoms with van der Waals surface area (Å²) < 4.78 is 4.41. The predicted octanol–water partition coefficient (Wildman–Crippen LogP) is 2.13. The maximum absolute atomic E-state index is 12.3. The molecule has 0 saturated carbocycles. The van der Waals surface area contributed by atoms with Crippen LogP contribution in [0, 0.1) is 0 Å². The second-order valence-corrected chi connectivity index (χ2v) is 5.56. The van der Waals surface area contributed by atoms with Crippen LogP contribution in [-0.2, 0) is 0 Å². The van der Waals surface area contributed by atoms with Gasteiger partial charge in [-0.05, 0) is 33.2 Å². The van der Waals surface area contributed by atoms with Crippen LogP contribution < -0.4 is 4.74 Å². The molecule has 1 aromatic rings. The van der Waals surface area contributed by atoms with Crippen molar-refractivity contribution in [3.05, 3.63) is 29.8 Å². The summed E-state index contributed by atoms with van der Waals surface area (Å²) in [6.07, 6.45) is 0. The Morgan fingerprint density at radius 2 is 2.12 bits per heavy atom. The monoisotopic (exact) mass is 253 g/mol. The molecule has 0 bridgehead atoms. The van der Waals surface area contributed by atoms with Gasteiger partial charge in [-0.3, -0.25) is 4.79 Å². The number of benzene rings is 1. The summed E-state index contributed by atoms with van der Waals surface area (Å²) in [7, 11) is 5.43. The highest BCUT2D eigenvalue weighted by atomic mass is 32.1. The first-order chi connectivity index (χ1) is 7.86. The summed E-state index contributed by atoms with van der Waals surface area (Å²) in [5.74, 6) is 0.693. The second kappa shape index (κ2) is 5.56. The van der Waals surface area contributed by atoms with Crippen molar-refractivity contribution in [1.82, 2.24) is 4.90 Å². The van der Waals surface area contributed by atoms with Crippen molar-refractivity contribution in [2.75, 3.05) is 27.7 Å². The van der Waals surface area contributed by atoms with E-state index in [2.05, 4.69) is 12.6 Å². The van der Waals surface area contributed by atoms with Gasteiger partial charge in [0.05, 0.1) is 11.9 Å². The van der Waals surface area contributed by atoms with Gasteiger partial charge in [0.1, 0.15) is 5.75 Å². The van der Waals surface area contributed by atoms with Crippen molar-refractivity contribution < 1.29 is 9.53 Å². The third-order valence-electron chi connectivity index (χ3n) is 2.45. The molecule has 0 aromatic heterocycles. The molecule has 0 aliphatic heterocycles. The molecule has 3 nitrogen and oxygen atoms in total. The molecule has 0 spiro atoms. The summed E-state index contributed by atoms with van der Waals surface area (Å²) >= 11 is 4.46. The Labute approximate surface area is 108 Å². The number of ether oxygens (including phenoxy) is 1. The van der Waals surface area contributed by atoms with Gasteiger partial charge in [-0.25, -0.2) is 0 Å². The number of nitrogens with zero attached hydrogens (tertiary/aromatic N) is 1. The average molecular weight is 253 g/mol. The maximum Gasteiger partial charge on any atom is 0.179 e. The highest BCUT2D eigenvalue weighted by Crippen LogP contribution is 2.23. The lowest BCUT2D eigenvalue weighted by Gasteiger charge is -2.26.